The molecule has 0 bridgehead atoms. The van der Waals surface area contributed by atoms with Gasteiger partial charge in [-0.1, -0.05) is 6.07 Å². The third-order valence-electron chi connectivity index (χ3n) is 2.09. The van der Waals surface area contributed by atoms with Crippen LogP contribution in [-0.2, 0) is 4.79 Å². The molecule has 0 saturated heterocycles. The maximum absolute atomic E-state index is 10.7. The third-order valence-corrected chi connectivity index (χ3v) is 2.09. The Morgan fingerprint density at radius 3 is 2.60 bits per heavy atom. The summed E-state index contributed by atoms with van der Waals surface area (Å²) < 4.78 is 4.81. The summed E-state index contributed by atoms with van der Waals surface area (Å²) in [6.45, 7) is -0.513. The van der Waals surface area contributed by atoms with Gasteiger partial charge in [0.25, 0.3) is 0 Å². The molecule has 0 aromatic heterocycles. The topological polar surface area (TPSA) is 87.0 Å². The first-order valence-corrected chi connectivity index (χ1v) is 4.30. The minimum Gasteiger partial charge on any atom is -0.504 e. The van der Waals surface area contributed by atoms with Crippen molar-refractivity contribution in [2.45, 2.75) is 5.92 Å². The Labute approximate surface area is 86.5 Å². The number of carboxylic acid groups (broad SMARTS) is 1. The molecule has 0 saturated carbocycles. The Hall–Kier alpha value is -1.75. The second-order valence-corrected chi connectivity index (χ2v) is 3.00. The number of ether oxygens (including phenoxy) is 1. The second-order valence-electron chi connectivity index (χ2n) is 3.00. The molecule has 1 unspecified atom stereocenters. The number of carboxylic acids is 1. The number of phenols is 1. The van der Waals surface area contributed by atoms with Crippen molar-refractivity contribution in [1.82, 2.24) is 0 Å². The van der Waals surface area contributed by atoms with Crippen LogP contribution < -0.4 is 4.74 Å². The monoisotopic (exact) mass is 212 g/mol. The van der Waals surface area contributed by atoms with E-state index in [2.05, 4.69) is 0 Å². The van der Waals surface area contributed by atoms with Crippen LogP contribution in [0.1, 0.15) is 11.5 Å². The fraction of sp³-hybridized carbons (Fsp3) is 0.300. The van der Waals surface area contributed by atoms with Gasteiger partial charge in [0.05, 0.1) is 13.7 Å². The van der Waals surface area contributed by atoms with Crippen molar-refractivity contribution in [3.63, 3.8) is 0 Å². The van der Waals surface area contributed by atoms with Gasteiger partial charge in [0, 0.05) is 0 Å². The van der Waals surface area contributed by atoms with Gasteiger partial charge in [0.1, 0.15) is 5.92 Å². The van der Waals surface area contributed by atoms with Crippen molar-refractivity contribution in [3.8, 4) is 11.5 Å². The zero-order valence-corrected chi connectivity index (χ0v) is 8.17. The molecule has 0 aliphatic rings. The number of carbonyl (C=O) groups is 1. The van der Waals surface area contributed by atoms with E-state index in [-0.39, 0.29) is 11.5 Å². The fourth-order valence-electron chi connectivity index (χ4n) is 1.25. The highest BCUT2D eigenvalue weighted by atomic mass is 16.5. The van der Waals surface area contributed by atoms with Crippen LogP contribution in [0, 0.1) is 0 Å². The first kappa shape index (κ1) is 11.3. The van der Waals surface area contributed by atoms with Crippen LogP contribution in [0.4, 0.5) is 0 Å². The van der Waals surface area contributed by atoms with Gasteiger partial charge >= 0.3 is 5.97 Å². The lowest BCUT2D eigenvalue weighted by Gasteiger charge is -2.11. The van der Waals surface area contributed by atoms with E-state index in [9.17, 15) is 9.90 Å². The summed E-state index contributed by atoms with van der Waals surface area (Å²) in [4.78, 5) is 10.7. The normalized spacial score (nSPS) is 12.1. The largest absolute Gasteiger partial charge is 0.504 e. The standard InChI is InChI=1S/C10H12O5/c1-15-9-3-2-6(4-8(9)12)7(5-11)10(13)14/h2-4,7,11-12H,5H2,1H3,(H,13,14). The number of hydrogen-bond acceptors (Lipinski definition) is 4. The number of aliphatic hydroxyl groups excluding tert-OH is 1. The molecule has 5 heteroatoms. The van der Waals surface area contributed by atoms with E-state index in [1.807, 2.05) is 0 Å². The van der Waals surface area contributed by atoms with Crippen LogP contribution >= 0.6 is 0 Å². The molecule has 82 valence electrons. The highest BCUT2D eigenvalue weighted by Crippen LogP contribution is 2.29. The molecule has 1 atom stereocenters. The number of phenolic OH excluding ortho intramolecular Hbond substituents is 1. The van der Waals surface area contributed by atoms with Crippen LogP contribution in [0.5, 0.6) is 11.5 Å². The van der Waals surface area contributed by atoms with Gasteiger partial charge in [-0.2, -0.15) is 0 Å². The second kappa shape index (κ2) is 4.65. The average Bonchev–Trinajstić information content (AvgIpc) is 2.18. The maximum atomic E-state index is 10.7. The minimum absolute atomic E-state index is 0.144. The highest BCUT2D eigenvalue weighted by molar-refractivity contribution is 5.76. The molecule has 1 rings (SSSR count). The summed E-state index contributed by atoms with van der Waals surface area (Å²) in [7, 11) is 1.40. The third kappa shape index (κ3) is 2.38. The smallest absolute Gasteiger partial charge is 0.313 e. The summed E-state index contributed by atoms with van der Waals surface area (Å²) in [5.41, 5.74) is 0.336. The van der Waals surface area contributed by atoms with Crippen molar-refractivity contribution >= 4 is 5.97 Å². The van der Waals surface area contributed by atoms with Gasteiger partial charge in [0.2, 0.25) is 0 Å². The lowest BCUT2D eigenvalue weighted by molar-refractivity contribution is -0.139. The van der Waals surface area contributed by atoms with Crippen LogP contribution in [0.25, 0.3) is 0 Å². The van der Waals surface area contributed by atoms with E-state index < -0.39 is 18.5 Å². The van der Waals surface area contributed by atoms with E-state index in [1.54, 1.807) is 0 Å². The van der Waals surface area contributed by atoms with Gasteiger partial charge < -0.3 is 20.1 Å². The van der Waals surface area contributed by atoms with Crippen molar-refractivity contribution in [1.29, 1.82) is 0 Å². The lowest BCUT2D eigenvalue weighted by atomic mass is 10.00. The quantitative estimate of drug-likeness (QED) is 0.678. The Morgan fingerprint density at radius 2 is 2.20 bits per heavy atom. The average molecular weight is 212 g/mol. The molecule has 15 heavy (non-hydrogen) atoms. The molecule has 0 spiro atoms. The van der Waals surface area contributed by atoms with E-state index in [0.717, 1.165) is 0 Å². The molecule has 0 amide bonds. The molecular formula is C10H12O5. The Balaban J connectivity index is 3.05. The molecule has 1 aromatic rings. The molecule has 0 aliphatic carbocycles. The Bertz CT molecular complexity index is 361. The number of aromatic hydroxyl groups is 1. The number of aliphatic carboxylic acids is 1. The van der Waals surface area contributed by atoms with Crippen LogP contribution in [0.3, 0.4) is 0 Å². The minimum atomic E-state index is -1.14. The van der Waals surface area contributed by atoms with Gasteiger partial charge in [-0.05, 0) is 17.7 Å². The summed E-state index contributed by atoms with van der Waals surface area (Å²) >= 11 is 0. The number of aliphatic hydroxyl groups is 1. The van der Waals surface area contributed by atoms with Crippen LogP contribution in [-0.4, -0.2) is 35.0 Å². The molecule has 0 radical (unpaired) electrons. The molecule has 0 aliphatic heterocycles. The van der Waals surface area contributed by atoms with E-state index in [4.69, 9.17) is 14.9 Å². The molecule has 1 aromatic carbocycles. The molecular weight excluding hydrogens is 200 g/mol. The summed E-state index contributed by atoms with van der Waals surface area (Å²) in [5.74, 6) is -2.04. The number of hydrogen-bond donors (Lipinski definition) is 3. The Morgan fingerprint density at radius 1 is 1.53 bits per heavy atom. The van der Waals surface area contributed by atoms with Crippen molar-refractivity contribution in [2.75, 3.05) is 13.7 Å². The number of benzene rings is 1. The number of rotatable bonds is 4. The van der Waals surface area contributed by atoms with E-state index in [1.165, 1.54) is 25.3 Å². The highest BCUT2D eigenvalue weighted by Gasteiger charge is 2.19. The lowest BCUT2D eigenvalue weighted by Crippen LogP contribution is -2.15. The SMILES string of the molecule is COc1ccc(C(CO)C(=O)O)cc1O. The van der Waals surface area contributed by atoms with Gasteiger partial charge in [0.15, 0.2) is 11.5 Å². The predicted octanol–water partition coefficient (Wildman–Crippen LogP) is 0.561. The van der Waals surface area contributed by atoms with Crippen molar-refractivity contribution in [2.24, 2.45) is 0 Å². The van der Waals surface area contributed by atoms with E-state index in [0.29, 0.717) is 5.56 Å². The fourth-order valence-corrected chi connectivity index (χ4v) is 1.25. The maximum Gasteiger partial charge on any atom is 0.313 e. The number of methoxy groups -OCH3 is 1. The summed E-state index contributed by atoms with van der Waals surface area (Å²) in [6.07, 6.45) is 0. The van der Waals surface area contributed by atoms with Crippen molar-refractivity contribution < 1.29 is 24.9 Å². The first-order valence-electron chi connectivity index (χ1n) is 4.30. The van der Waals surface area contributed by atoms with Crippen molar-refractivity contribution in [3.05, 3.63) is 23.8 Å². The van der Waals surface area contributed by atoms with Gasteiger partial charge in [-0.15, -0.1) is 0 Å². The van der Waals surface area contributed by atoms with Crippen LogP contribution in [0.15, 0.2) is 18.2 Å². The van der Waals surface area contributed by atoms with E-state index >= 15 is 0 Å². The van der Waals surface area contributed by atoms with Gasteiger partial charge in [-0.25, -0.2) is 0 Å². The summed E-state index contributed by atoms with van der Waals surface area (Å²) in [5, 5.41) is 27.1. The zero-order chi connectivity index (χ0) is 11.4. The Kier molecular flexibility index (Phi) is 3.51. The molecule has 0 heterocycles. The molecule has 5 nitrogen and oxygen atoms in total. The summed E-state index contributed by atoms with van der Waals surface area (Å²) in [6, 6.07) is 4.22. The zero-order valence-electron chi connectivity index (χ0n) is 8.17. The van der Waals surface area contributed by atoms with Gasteiger partial charge in [-0.3, -0.25) is 4.79 Å². The molecule has 3 N–H and O–H groups in total. The molecule has 0 fully saturated rings. The van der Waals surface area contributed by atoms with Crippen LogP contribution in [0.2, 0.25) is 0 Å². The first-order chi connectivity index (χ1) is 7.10. The predicted molar refractivity (Wildman–Crippen MR) is 52.1 cm³/mol.